The second-order valence-electron chi connectivity index (χ2n) is 6.88. The van der Waals surface area contributed by atoms with Gasteiger partial charge < -0.3 is 25.2 Å². The number of aryl methyl sites for hydroxylation is 1. The Labute approximate surface area is 169 Å². The number of likely N-dealkylation sites (N-methyl/N-ethyl adjacent to an activating group) is 1. The van der Waals surface area contributed by atoms with Crippen molar-refractivity contribution in [2.45, 2.75) is 20.0 Å². The molecule has 2 heterocycles. The Morgan fingerprint density at radius 2 is 1.83 bits per heavy atom. The lowest BCUT2D eigenvalue weighted by atomic mass is 10.1. The van der Waals surface area contributed by atoms with Crippen molar-refractivity contribution in [2.75, 3.05) is 39.8 Å². The zero-order valence-corrected chi connectivity index (χ0v) is 16.7. The number of aliphatic hydroxyl groups excluding tert-OH is 1. The molecule has 3 rings (SSSR count). The molecule has 2 aromatic rings. The summed E-state index contributed by atoms with van der Waals surface area (Å²) in [7, 11) is 2.14. The molecule has 158 valence electrons. The van der Waals surface area contributed by atoms with E-state index < -0.39 is 10.9 Å². The zero-order chi connectivity index (χ0) is 21.4. The van der Waals surface area contributed by atoms with Gasteiger partial charge in [-0.05, 0) is 29.7 Å². The molecule has 2 N–H and O–H groups in total. The predicted molar refractivity (Wildman–Crippen MR) is 107 cm³/mol. The smallest absolute Gasteiger partial charge is 0.342 e. The van der Waals surface area contributed by atoms with Crippen molar-refractivity contribution in [1.29, 1.82) is 0 Å². The van der Waals surface area contributed by atoms with Crippen LogP contribution in [0.3, 0.4) is 0 Å². The van der Waals surface area contributed by atoms with E-state index in [4.69, 9.17) is 10.2 Å². The number of aliphatic hydroxyl groups is 1. The fourth-order valence-electron chi connectivity index (χ4n) is 3.00. The van der Waals surface area contributed by atoms with E-state index >= 15 is 0 Å². The van der Waals surface area contributed by atoms with Gasteiger partial charge in [-0.15, -0.1) is 0 Å². The van der Waals surface area contributed by atoms with Crippen LogP contribution in [-0.2, 0) is 13.1 Å². The first-order valence-electron chi connectivity index (χ1n) is 9.32. The topological polar surface area (TPSA) is 125 Å². The number of benzene rings is 1. The third-order valence-electron chi connectivity index (χ3n) is 4.75. The average molecular weight is 405 g/mol. The standard InChI is InChI=1S/C13H18N2O2.C6H9N3O3/c1-14-6-8-15(9-7-14)10-11-2-4-12(5-3-11)13(16)17;1-5-7-4-6(9(11)12)8(5)2-3-10/h2-5H,6-10H2,1H3,(H,16,17);4,10H,2-3H2,1H3. The molecule has 0 spiro atoms. The minimum atomic E-state index is -0.865. The van der Waals surface area contributed by atoms with E-state index in [0.29, 0.717) is 11.4 Å². The maximum Gasteiger partial charge on any atom is 0.342 e. The number of hydrogen-bond acceptors (Lipinski definition) is 7. The number of piperazine rings is 1. The first kappa shape index (κ1) is 22.5. The quantitative estimate of drug-likeness (QED) is 0.543. The van der Waals surface area contributed by atoms with Crippen molar-refractivity contribution in [3.8, 4) is 0 Å². The van der Waals surface area contributed by atoms with Crippen LogP contribution in [0.15, 0.2) is 30.5 Å². The second-order valence-corrected chi connectivity index (χ2v) is 6.88. The summed E-state index contributed by atoms with van der Waals surface area (Å²) in [6.07, 6.45) is 1.19. The van der Waals surface area contributed by atoms with Crippen molar-refractivity contribution in [3.05, 3.63) is 57.5 Å². The van der Waals surface area contributed by atoms with E-state index in [-0.39, 0.29) is 19.0 Å². The summed E-state index contributed by atoms with van der Waals surface area (Å²) in [5.74, 6) is -0.409. The lowest BCUT2D eigenvalue weighted by Crippen LogP contribution is -2.43. The SMILES string of the molecule is CN1CCN(Cc2ccc(C(=O)O)cc2)CC1.Cc1ncc([N+](=O)[O-])n1CCO. The van der Waals surface area contributed by atoms with Gasteiger partial charge in [0.1, 0.15) is 12.7 Å². The van der Waals surface area contributed by atoms with Crippen molar-refractivity contribution in [2.24, 2.45) is 0 Å². The first-order valence-corrected chi connectivity index (χ1v) is 9.32. The maximum atomic E-state index is 10.7. The molecule has 1 fully saturated rings. The largest absolute Gasteiger partial charge is 0.478 e. The number of hydrogen-bond donors (Lipinski definition) is 2. The average Bonchev–Trinajstić information content (AvgIpc) is 3.06. The van der Waals surface area contributed by atoms with E-state index in [1.165, 1.54) is 16.3 Å². The highest BCUT2D eigenvalue weighted by molar-refractivity contribution is 5.87. The Balaban J connectivity index is 0.000000221. The molecule has 1 saturated heterocycles. The number of carbonyl (C=O) groups is 1. The molecule has 0 saturated carbocycles. The molecule has 29 heavy (non-hydrogen) atoms. The first-order chi connectivity index (χ1) is 13.8. The summed E-state index contributed by atoms with van der Waals surface area (Å²) in [6, 6.07) is 7.16. The number of nitrogens with zero attached hydrogens (tertiary/aromatic N) is 5. The van der Waals surface area contributed by atoms with Crippen LogP contribution in [0, 0.1) is 17.0 Å². The summed E-state index contributed by atoms with van der Waals surface area (Å²) >= 11 is 0. The molecule has 10 heteroatoms. The molecule has 1 aromatic carbocycles. The third kappa shape index (κ3) is 6.63. The number of nitro groups is 1. The zero-order valence-electron chi connectivity index (χ0n) is 16.7. The Bertz CT molecular complexity index is 813. The molecule has 0 amide bonds. The van der Waals surface area contributed by atoms with E-state index in [1.807, 2.05) is 12.1 Å². The van der Waals surface area contributed by atoms with Gasteiger partial charge in [-0.25, -0.2) is 14.3 Å². The summed E-state index contributed by atoms with van der Waals surface area (Å²) < 4.78 is 1.36. The van der Waals surface area contributed by atoms with Gasteiger partial charge in [-0.2, -0.15) is 0 Å². The summed E-state index contributed by atoms with van der Waals surface area (Å²) in [5.41, 5.74) is 1.53. The summed E-state index contributed by atoms with van der Waals surface area (Å²) in [5, 5.41) is 27.8. The molecule has 1 aliphatic rings. The van der Waals surface area contributed by atoms with Gasteiger partial charge in [-0.3, -0.25) is 4.90 Å². The lowest BCUT2D eigenvalue weighted by molar-refractivity contribution is -0.392. The predicted octanol–water partition coefficient (Wildman–Crippen LogP) is 1.22. The highest BCUT2D eigenvalue weighted by Crippen LogP contribution is 2.12. The van der Waals surface area contributed by atoms with Crippen molar-refractivity contribution in [1.82, 2.24) is 19.4 Å². The normalized spacial score (nSPS) is 14.9. The van der Waals surface area contributed by atoms with Crippen molar-refractivity contribution >= 4 is 11.8 Å². The monoisotopic (exact) mass is 405 g/mol. The van der Waals surface area contributed by atoms with E-state index in [0.717, 1.165) is 32.7 Å². The van der Waals surface area contributed by atoms with Crippen LogP contribution in [0.5, 0.6) is 0 Å². The molecule has 1 aliphatic heterocycles. The molecule has 0 unspecified atom stereocenters. The fourth-order valence-corrected chi connectivity index (χ4v) is 3.00. The van der Waals surface area contributed by atoms with Gasteiger partial charge in [0.15, 0.2) is 5.82 Å². The van der Waals surface area contributed by atoms with Crippen LogP contribution in [0.1, 0.15) is 21.7 Å². The summed E-state index contributed by atoms with van der Waals surface area (Å²) in [6.45, 7) is 7.02. The van der Waals surface area contributed by atoms with Crippen LogP contribution in [0.2, 0.25) is 0 Å². The van der Waals surface area contributed by atoms with E-state index in [2.05, 4.69) is 21.8 Å². The van der Waals surface area contributed by atoms with Crippen LogP contribution in [0.25, 0.3) is 0 Å². The number of rotatable bonds is 6. The lowest BCUT2D eigenvalue weighted by Gasteiger charge is -2.32. The Morgan fingerprint density at radius 3 is 2.34 bits per heavy atom. The van der Waals surface area contributed by atoms with Crippen LogP contribution in [-0.4, -0.2) is 80.3 Å². The molecular weight excluding hydrogens is 378 g/mol. The van der Waals surface area contributed by atoms with Gasteiger partial charge in [0.2, 0.25) is 0 Å². The molecule has 10 nitrogen and oxygen atoms in total. The third-order valence-corrected chi connectivity index (χ3v) is 4.75. The molecule has 0 aliphatic carbocycles. The fraction of sp³-hybridized carbons (Fsp3) is 0.474. The minimum Gasteiger partial charge on any atom is -0.478 e. The van der Waals surface area contributed by atoms with Gasteiger partial charge >= 0.3 is 11.8 Å². The van der Waals surface area contributed by atoms with E-state index in [9.17, 15) is 14.9 Å². The number of aromatic nitrogens is 2. The van der Waals surface area contributed by atoms with Gasteiger partial charge in [0.25, 0.3) is 0 Å². The van der Waals surface area contributed by atoms with Gasteiger partial charge in [0, 0.05) is 39.6 Å². The number of carboxylic acids is 1. The molecular formula is C19H27N5O5. The highest BCUT2D eigenvalue weighted by atomic mass is 16.6. The number of carboxylic acid groups (broad SMARTS) is 1. The van der Waals surface area contributed by atoms with Crippen LogP contribution in [0.4, 0.5) is 5.82 Å². The van der Waals surface area contributed by atoms with Crippen molar-refractivity contribution < 1.29 is 19.9 Å². The number of imidazole rings is 1. The molecule has 0 atom stereocenters. The van der Waals surface area contributed by atoms with Crippen LogP contribution < -0.4 is 0 Å². The molecule has 1 aromatic heterocycles. The van der Waals surface area contributed by atoms with Gasteiger partial charge in [-0.1, -0.05) is 12.1 Å². The molecule has 0 radical (unpaired) electrons. The maximum absolute atomic E-state index is 10.7. The van der Waals surface area contributed by atoms with Crippen LogP contribution >= 0.6 is 0 Å². The second kappa shape index (κ2) is 10.6. The Morgan fingerprint density at radius 1 is 1.21 bits per heavy atom. The summed E-state index contributed by atoms with van der Waals surface area (Å²) in [4.78, 5) is 29.1. The molecule has 0 bridgehead atoms. The number of aromatic carboxylic acids is 1. The van der Waals surface area contributed by atoms with Gasteiger partial charge in [0.05, 0.1) is 12.2 Å². The minimum absolute atomic E-state index is 0.0819. The van der Waals surface area contributed by atoms with Crippen molar-refractivity contribution in [3.63, 3.8) is 0 Å². The highest BCUT2D eigenvalue weighted by Gasteiger charge is 2.16. The Hall–Kier alpha value is -2.82. The van der Waals surface area contributed by atoms with E-state index in [1.54, 1.807) is 19.1 Å². The Kier molecular flexibility index (Phi) is 8.25.